The van der Waals surface area contributed by atoms with Gasteiger partial charge in [0.15, 0.2) is 0 Å². The van der Waals surface area contributed by atoms with Crippen molar-refractivity contribution in [1.82, 2.24) is 10.2 Å². The van der Waals surface area contributed by atoms with E-state index in [2.05, 4.69) is 10.2 Å². The van der Waals surface area contributed by atoms with Crippen molar-refractivity contribution in [2.24, 2.45) is 5.92 Å². The highest BCUT2D eigenvalue weighted by molar-refractivity contribution is 5.99. The molecule has 0 atom stereocenters. The molecule has 2 aliphatic rings. The van der Waals surface area contributed by atoms with Crippen molar-refractivity contribution in [3.63, 3.8) is 0 Å². The maximum atomic E-state index is 13.2. The minimum absolute atomic E-state index is 0.0369. The summed E-state index contributed by atoms with van der Waals surface area (Å²) < 4.78 is 0. The number of piperidine rings is 1. The normalized spacial score (nSPS) is 17.3. The second kappa shape index (κ2) is 9.33. The molecule has 2 fully saturated rings. The third-order valence-corrected chi connectivity index (χ3v) is 6.40. The number of hydrogen-bond donors (Lipinski definition) is 1. The lowest BCUT2D eigenvalue weighted by Crippen LogP contribution is -2.47. The van der Waals surface area contributed by atoms with Crippen molar-refractivity contribution in [2.75, 3.05) is 25.0 Å². The molecule has 0 bridgehead atoms. The Morgan fingerprint density at radius 2 is 1.63 bits per heavy atom. The summed E-state index contributed by atoms with van der Waals surface area (Å²) in [6, 6.07) is 18.2. The molecule has 158 valence electrons. The minimum Gasteiger partial charge on any atom is -0.371 e. The lowest BCUT2D eigenvalue weighted by molar-refractivity contribution is -0.128. The first-order chi connectivity index (χ1) is 14.6. The lowest BCUT2D eigenvalue weighted by Gasteiger charge is -2.36. The average Bonchev–Trinajstić information content (AvgIpc) is 2.73. The van der Waals surface area contributed by atoms with E-state index in [4.69, 9.17) is 0 Å². The van der Waals surface area contributed by atoms with Crippen LogP contribution in [0.25, 0.3) is 0 Å². The second-order valence-electron chi connectivity index (χ2n) is 8.56. The van der Waals surface area contributed by atoms with Gasteiger partial charge in [-0.1, -0.05) is 48.9 Å². The number of carbonyl (C=O) groups excluding carboxylic acids is 2. The van der Waals surface area contributed by atoms with Crippen LogP contribution in [-0.4, -0.2) is 42.9 Å². The van der Waals surface area contributed by atoms with E-state index in [-0.39, 0.29) is 23.8 Å². The topological polar surface area (TPSA) is 52.7 Å². The smallest absolute Gasteiger partial charge is 0.256 e. The number of carbonyl (C=O) groups is 2. The first-order valence-corrected chi connectivity index (χ1v) is 11.1. The van der Waals surface area contributed by atoms with Gasteiger partial charge >= 0.3 is 0 Å². The van der Waals surface area contributed by atoms with E-state index in [1.165, 1.54) is 6.42 Å². The first kappa shape index (κ1) is 20.5. The molecule has 0 spiro atoms. The van der Waals surface area contributed by atoms with Gasteiger partial charge in [-0.05, 0) is 43.4 Å². The zero-order chi connectivity index (χ0) is 20.9. The molecule has 1 N–H and O–H groups in total. The summed E-state index contributed by atoms with van der Waals surface area (Å²) in [7, 11) is 1.86. The van der Waals surface area contributed by atoms with Crippen molar-refractivity contribution >= 4 is 17.5 Å². The van der Waals surface area contributed by atoms with E-state index in [0.717, 1.165) is 55.6 Å². The van der Waals surface area contributed by atoms with Crippen LogP contribution in [0.2, 0.25) is 0 Å². The highest BCUT2D eigenvalue weighted by Gasteiger charge is 2.29. The maximum Gasteiger partial charge on any atom is 0.256 e. The standard InChI is InChI=1S/C25H31N3O2/c1-27(18-19-8-3-2-4-9-19)25(30)22-12-5-6-13-23(22)28-16-14-21(15-17-28)26-24(29)20-10-7-11-20/h2-6,8-9,12-13,20-21H,7,10-11,14-18H2,1H3,(H,26,29). The van der Waals surface area contributed by atoms with Crippen LogP contribution < -0.4 is 10.2 Å². The number of nitrogens with one attached hydrogen (secondary N) is 1. The van der Waals surface area contributed by atoms with Gasteiger partial charge < -0.3 is 15.1 Å². The number of anilines is 1. The van der Waals surface area contributed by atoms with Gasteiger partial charge in [-0.25, -0.2) is 0 Å². The Balaban J connectivity index is 1.38. The summed E-state index contributed by atoms with van der Waals surface area (Å²) in [4.78, 5) is 29.5. The molecule has 2 aromatic carbocycles. The Kier molecular flexibility index (Phi) is 6.36. The number of rotatable bonds is 6. The quantitative estimate of drug-likeness (QED) is 0.794. The summed E-state index contributed by atoms with van der Waals surface area (Å²) >= 11 is 0. The van der Waals surface area contributed by atoms with Gasteiger partial charge in [-0.2, -0.15) is 0 Å². The monoisotopic (exact) mass is 405 g/mol. The maximum absolute atomic E-state index is 13.2. The molecular weight excluding hydrogens is 374 g/mol. The fourth-order valence-electron chi connectivity index (χ4n) is 4.32. The molecule has 2 aromatic rings. The minimum atomic E-state index is 0.0369. The van der Waals surface area contributed by atoms with Crippen LogP contribution in [0.15, 0.2) is 54.6 Å². The van der Waals surface area contributed by atoms with Gasteiger partial charge in [0.2, 0.25) is 5.91 Å². The Labute approximate surface area is 179 Å². The van der Waals surface area contributed by atoms with Crippen LogP contribution in [0, 0.1) is 5.92 Å². The van der Waals surface area contributed by atoms with Crippen LogP contribution in [0.1, 0.15) is 48.0 Å². The van der Waals surface area contributed by atoms with E-state index in [1.807, 2.05) is 61.6 Å². The Hall–Kier alpha value is -2.82. The number of nitrogens with zero attached hydrogens (tertiary/aromatic N) is 2. The molecule has 1 aliphatic carbocycles. The molecule has 5 heteroatoms. The molecule has 1 heterocycles. The van der Waals surface area contributed by atoms with E-state index in [9.17, 15) is 9.59 Å². The number of amides is 2. The SMILES string of the molecule is CN(Cc1ccccc1)C(=O)c1ccccc1N1CCC(NC(=O)C2CCC2)CC1. The van der Waals surface area contributed by atoms with Crippen molar-refractivity contribution in [3.05, 3.63) is 65.7 Å². The molecule has 5 nitrogen and oxygen atoms in total. The Bertz CT molecular complexity index is 871. The van der Waals surface area contributed by atoms with Crippen molar-refractivity contribution < 1.29 is 9.59 Å². The third kappa shape index (κ3) is 4.66. The predicted molar refractivity (Wildman–Crippen MR) is 119 cm³/mol. The van der Waals surface area contributed by atoms with Crippen molar-refractivity contribution in [1.29, 1.82) is 0 Å². The van der Waals surface area contributed by atoms with E-state index in [0.29, 0.717) is 6.54 Å². The summed E-state index contributed by atoms with van der Waals surface area (Å²) in [5, 5.41) is 3.23. The van der Waals surface area contributed by atoms with E-state index < -0.39 is 0 Å². The van der Waals surface area contributed by atoms with Gasteiger partial charge in [-0.3, -0.25) is 9.59 Å². The van der Waals surface area contributed by atoms with Crippen molar-refractivity contribution in [2.45, 2.75) is 44.7 Å². The van der Waals surface area contributed by atoms with Crippen LogP contribution in [0.4, 0.5) is 5.69 Å². The Morgan fingerprint density at radius 1 is 0.967 bits per heavy atom. The van der Waals surface area contributed by atoms with Crippen LogP contribution in [0.3, 0.4) is 0 Å². The zero-order valence-electron chi connectivity index (χ0n) is 17.7. The molecular formula is C25H31N3O2. The van der Waals surface area contributed by atoms with Gasteiger partial charge in [0.05, 0.1) is 5.56 Å². The highest BCUT2D eigenvalue weighted by atomic mass is 16.2. The predicted octanol–water partition coefficient (Wildman–Crippen LogP) is 3.84. The zero-order valence-corrected chi connectivity index (χ0v) is 17.7. The second-order valence-corrected chi connectivity index (χ2v) is 8.56. The third-order valence-electron chi connectivity index (χ3n) is 6.40. The largest absolute Gasteiger partial charge is 0.371 e. The first-order valence-electron chi connectivity index (χ1n) is 11.1. The van der Waals surface area contributed by atoms with E-state index in [1.54, 1.807) is 4.90 Å². The molecule has 1 aliphatic heterocycles. The van der Waals surface area contributed by atoms with Crippen molar-refractivity contribution in [3.8, 4) is 0 Å². The van der Waals surface area contributed by atoms with E-state index >= 15 is 0 Å². The summed E-state index contributed by atoms with van der Waals surface area (Å²) in [5.41, 5.74) is 2.85. The van der Waals surface area contributed by atoms with Crippen LogP contribution in [-0.2, 0) is 11.3 Å². The van der Waals surface area contributed by atoms with Gasteiger partial charge in [-0.15, -0.1) is 0 Å². The van der Waals surface area contributed by atoms with Crippen LogP contribution in [0.5, 0.6) is 0 Å². The number of para-hydroxylation sites is 1. The highest BCUT2D eigenvalue weighted by Crippen LogP contribution is 2.28. The summed E-state index contributed by atoms with van der Waals surface area (Å²) in [6.07, 6.45) is 5.09. The average molecular weight is 406 g/mol. The summed E-state index contributed by atoms with van der Waals surface area (Å²) in [5.74, 6) is 0.509. The molecule has 1 saturated carbocycles. The lowest BCUT2D eigenvalue weighted by atomic mass is 9.84. The molecule has 0 unspecified atom stereocenters. The van der Waals surface area contributed by atoms with Gasteiger partial charge in [0.1, 0.15) is 0 Å². The fraction of sp³-hybridized carbons (Fsp3) is 0.440. The molecule has 0 radical (unpaired) electrons. The van der Waals surface area contributed by atoms with Gasteiger partial charge in [0, 0.05) is 44.3 Å². The Morgan fingerprint density at radius 3 is 2.30 bits per heavy atom. The number of benzene rings is 2. The van der Waals surface area contributed by atoms with Crippen LogP contribution >= 0.6 is 0 Å². The summed E-state index contributed by atoms with van der Waals surface area (Å²) in [6.45, 7) is 2.29. The number of hydrogen-bond acceptors (Lipinski definition) is 3. The molecule has 30 heavy (non-hydrogen) atoms. The molecule has 2 amide bonds. The molecule has 0 aromatic heterocycles. The molecule has 4 rings (SSSR count). The molecule has 1 saturated heterocycles. The fourth-order valence-corrected chi connectivity index (χ4v) is 4.32. The van der Waals surface area contributed by atoms with Gasteiger partial charge in [0.25, 0.3) is 5.91 Å².